The van der Waals surface area contributed by atoms with E-state index in [2.05, 4.69) is 5.92 Å². The molecule has 15 heavy (non-hydrogen) atoms. The van der Waals surface area contributed by atoms with E-state index in [-0.39, 0.29) is 24.3 Å². The summed E-state index contributed by atoms with van der Waals surface area (Å²) >= 11 is 0. The molecule has 0 N–H and O–H groups in total. The summed E-state index contributed by atoms with van der Waals surface area (Å²) in [6, 6.07) is 0. The zero-order chi connectivity index (χ0) is 11.7. The second-order valence-corrected chi connectivity index (χ2v) is 3.66. The predicted molar refractivity (Wildman–Crippen MR) is 58.1 cm³/mol. The Hall–Kier alpha value is -1.30. The number of terminal acetylenes is 1. The predicted octanol–water partition coefficient (Wildman–Crippen LogP) is 1.95. The van der Waals surface area contributed by atoms with E-state index < -0.39 is 0 Å². The first-order chi connectivity index (χ1) is 7.07. The van der Waals surface area contributed by atoms with Crippen LogP contribution in [0, 0.1) is 18.3 Å². The molecule has 0 saturated heterocycles. The number of hydrogen-bond acceptors (Lipinski definition) is 3. The zero-order valence-electron chi connectivity index (χ0n) is 9.41. The molecular weight excluding hydrogens is 192 g/mol. The van der Waals surface area contributed by atoms with E-state index in [9.17, 15) is 9.59 Å². The van der Waals surface area contributed by atoms with E-state index in [0.29, 0.717) is 6.42 Å². The Balaban J connectivity index is 3.56. The van der Waals surface area contributed by atoms with Crippen LogP contribution in [0.3, 0.4) is 0 Å². The van der Waals surface area contributed by atoms with Crippen LogP contribution in [0.25, 0.3) is 0 Å². The molecule has 0 heterocycles. The summed E-state index contributed by atoms with van der Waals surface area (Å²) in [7, 11) is 0. The Morgan fingerprint density at radius 1 is 1.40 bits per heavy atom. The molecule has 0 rings (SSSR count). The van der Waals surface area contributed by atoms with Gasteiger partial charge in [0.1, 0.15) is 5.78 Å². The van der Waals surface area contributed by atoms with Crippen molar-refractivity contribution in [1.29, 1.82) is 0 Å². The Morgan fingerprint density at radius 2 is 2.07 bits per heavy atom. The van der Waals surface area contributed by atoms with Gasteiger partial charge < -0.3 is 9.53 Å². The van der Waals surface area contributed by atoms with Crippen LogP contribution < -0.4 is 0 Å². The fourth-order valence-electron chi connectivity index (χ4n) is 1.20. The lowest BCUT2D eigenvalue weighted by atomic mass is 10.0. The normalized spacial score (nSPS) is 11.5. The highest BCUT2D eigenvalue weighted by atomic mass is 16.5. The molecule has 84 valence electrons. The van der Waals surface area contributed by atoms with Crippen molar-refractivity contribution >= 4 is 11.8 Å². The van der Waals surface area contributed by atoms with E-state index in [1.54, 1.807) is 6.92 Å². The average molecular weight is 210 g/mol. The fourth-order valence-corrected chi connectivity index (χ4v) is 1.20. The van der Waals surface area contributed by atoms with E-state index in [4.69, 9.17) is 11.2 Å². The summed E-state index contributed by atoms with van der Waals surface area (Å²) < 4.78 is 4.79. The SMILES string of the molecule is C#CCOC(=O)C(C)CCCCC(C)=O. The molecule has 0 aromatic carbocycles. The van der Waals surface area contributed by atoms with Crippen LogP contribution in [0.4, 0.5) is 0 Å². The van der Waals surface area contributed by atoms with Crippen molar-refractivity contribution in [3.05, 3.63) is 0 Å². The molecule has 0 radical (unpaired) electrons. The summed E-state index contributed by atoms with van der Waals surface area (Å²) in [6.45, 7) is 3.42. The molecule has 0 aliphatic carbocycles. The van der Waals surface area contributed by atoms with Crippen LogP contribution in [-0.4, -0.2) is 18.4 Å². The highest BCUT2D eigenvalue weighted by Crippen LogP contribution is 2.11. The monoisotopic (exact) mass is 210 g/mol. The third-order valence-electron chi connectivity index (χ3n) is 2.12. The highest BCUT2D eigenvalue weighted by Gasteiger charge is 2.13. The van der Waals surface area contributed by atoms with E-state index in [1.165, 1.54) is 0 Å². The minimum Gasteiger partial charge on any atom is -0.452 e. The van der Waals surface area contributed by atoms with Gasteiger partial charge in [0.2, 0.25) is 0 Å². The van der Waals surface area contributed by atoms with Gasteiger partial charge in [-0.05, 0) is 19.8 Å². The lowest BCUT2D eigenvalue weighted by Gasteiger charge is -2.08. The molecule has 0 amide bonds. The molecular formula is C12H18O3. The van der Waals surface area contributed by atoms with Crippen LogP contribution in [0.15, 0.2) is 0 Å². The fraction of sp³-hybridized carbons (Fsp3) is 0.667. The third kappa shape index (κ3) is 7.75. The number of rotatable bonds is 7. The molecule has 1 atom stereocenters. The molecule has 0 fully saturated rings. The number of ketones is 1. The Kier molecular flexibility index (Phi) is 7.35. The van der Waals surface area contributed by atoms with Crippen LogP contribution in [0.2, 0.25) is 0 Å². The first kappa shape index (κ1) is 13.7. The van der Waals surface area contributed by atoms with E-state index in [0.717, 1.165) is 19.3 Å². The summed E-state index contributed by atoms with van der Waals surface area (Å²) in [5.74, 6) is 2.05. The average Bonchev–Trinajstić information content (AvgIpc) is 2.20. The van der Waals surface area contributed by atoms with Gasteiger partial charge in [0.15, 0.2) is 6.61 Å². The van der Waals surface area contributed by atoms with Crippen molar-refractivity contribution in [2.75, 3.05) is 6.61 Å². The molecule has 3 heteroatoms. The van der Waals surface area contributed by atoms with Gasteiger partial charge in [0.25, 0.3) is 0 Å². The van der Waals surface area contributed by atoms with Crippen molar-refractivity contribution in [3.63, 3.8) is 0 Å². The quantitative estimate of drug-likeness (QED) is 0.366. The van der Waals surface area contributed by atoms with E-state index in [1.807, 2.05) is 6.92 Å². The molecule has 0 saturated carbocycles. The topological polar surface area (TPSA) is 43.4 Å². The number of esters is 1. The molecule has 1 unspecified atom stereocenters. The van der Waals surface area contributed by atoms with Crippen molar-refractivity contribution < 1.29 is 14.3 Å². The molecule has 0 spiro atoms. The summed E-state index contributed by atoms with van der Waals surface area (Å²) in [5, 5.41) is 0. The first-order valence-corrected chi connectivity index (χ1v) is 5.17. The number of Topliss-reactive ketones (excluding diaryl/α,β-unsaturated/α-hetero) is 1. The molecule has 3 nitrogen and oxygen atoms in total. The smallest absolute Gasteiger partial charge is 0.309 e. The highest BCUT2D eigenvalue weighted by molar-refractivity contribution is 5.75. The van der Waals surface area contributed by atoms with Gasteiger partial charge in [-0.15, -0.1) is 6.42 Å². The maximum absolute atomic E-state index is 11.2. The van der Waals surface area contributed by atoms with E-state index >= 15 is 0 Å². The number of ether oxygens (including phenoxy) is 1. The van der Waals surface area contributed by atoms with Gasteiger partial charge in [-0.1, -0.05) is 19.3 Å². The number of carbonyl (C=O) groups is 2. The van der Waals surface area contributed by atoms with Crippen molar-refractivity contribution in [3.8, 4) is 12.3 Å². The van der Waals surface area contributed by atoms with Crippen molar-refractivity contribution in [1.82, 2.24) is 0 Å². The van der Waals surface area contributed by atoms with Crippen LogP contribution >= 0.6 is 0 Å². The zero-order valence-corrected chi connectivity index (χ0v) is 9.41. The molecule has 0 aromatic rings. The van der Waals surface area contributed by atoms with Crippen LogP contribution in [-0.2, 0) is 14.3 Å². The molecule has 0 bridgehead atoms. The second-order valence-electron chi connectivity index (χ2n) is 3.66. The minimum absolute atomic E-state index is 0.0383. The van der Waals surface area contributed by atoms with Gasteiger partial charge >= 0.3 is 5.97 Å². The summed E-state index contributed by atoms with van der Waals surface area (Å²) in [6.07, 6.45) is 8.01. The lowest BCUT2D eigenvalue weighted by molar-refractivity contribution is -0.146. The van der Waals surface area contributed by atoms with Crippen LogP contribution in [0.1, 0.15) is 39.5 Å². The standard InChI is InChI=1S/C12H18O3/c1-4-9-15-12(14)10(2)7-5-6-8-11(3)13/h1,10H,5-9H2,2-3H3. The van der Waals surface area contributed by atoms with Crippen LogP contribution in [0.5, 0.6) is 0 Å². The largest absolute Gasteiger partial charge is 0.452 e. The van der Waals surface area contributed by atoms with Gasteiger partial charge in [0, 0.05) is 6.42 Å². The first-order valence-electron chi connectivity index (χ1n) is 5.17. The number of unbranched alkanes of at least 4 members (excludes halogenated alkanes) is 1. The maximum atomic E-state index is 11.2. The Morgan fingerprint density at radius 3 is 2.60 bits per heavy atom. The Labute approximate surface area is 91.2 Å². The number of hydrogen-bond donors (Lipinski definition) is 0. The second kappa shape index (κ2) is 8.05. The number of carbonyl (C=O) groups excluding carboxylic acids is 2. The van der Waals surface area contributed by atoms with Crippen molar-refractivity contribution in [2.24, 2.45) is 5.92 Å². The van der Waals surface area contributed by atoms with Crippen molar-refractivity contribution in [2.45, 2.75) is 39.5 Å². The Bertz CT molecular complexity index is 250. The van der Waals surface area contributed by atoms with Gasteiger partial charge in [-0.25, -0.2) is 0 Å². The molecule has 0 aliphatic rings. The maximum Gasteiger partial charge on any atom is 0.309 e. The lowest BCUT2D eigenvalue weighted by Crippen LogP contribution is -2.15. The summed E-state index contributed by atoms with van der Waals surface area (Å²) in [4.78, 5) is 21.9. The van der Waals surface area contributed by atoms with Gasteiger partial charge in [0.05, 0.1) is 5.92 Å². The van der Waals surface area contributed by atoms with Gasteiger partial charge in [-0.2, -0.15) is 0 Å². The molecule has 0 aliphatic heterocycles. The van der Waals surface area contributed by atoms with Gasteiger partial charge in [-0.3, -0.25) is 4.79 Å². The molecule has 0 aromatic heterocycles. The minimum atomic E-state index is -0.254. The summed E-state index contributed by atoms with van der Waals surface area (Å²) in [5.41, 5.74) is 0. The third-order valence-corrected chi connectivity index (χ3v) is 2.12.